The smallest absolute Gasteiger partial charge is 0.410 e. The number of carbonyl (C=O) groups is 2. The number of nitrogens with one attached hydrogen (secondary N) is 1. The first-order valence-electron chi connectivity index (χ1n) is 5.91. The molecule has 0 aromatic heterocycles. The lowest BCUT2D eigenvalue weighted by Crippen LogP contribution is -2.43. The van der Waals surface area contributed by atoms with Crippen LogP contribution in [0.1, 0.15) is 34.1 Å². The van der Waals surface area contributed by atoms with E-state index in [1.165, 1.54) is 4.90 Å². The Balaban J connectivity index is 4.22. The predicted octanol–water partition coefficient (Wildman–Crippen LogP) is 1.27. The molecular formula is C12H21N3O3. The highest BCUT2D eigenvalue weighted by molar-refractivity contribution is 5.82. The van der Waals surface area contributed by atoms with Crippen molar-refractivity contribution in [1.82, 2.24) is 10.2 Å². The van der Waals surface area contributed by atoms with Gasteiger partial charge < -0.3 is 10.1 Å². The van der Waals surface area contributed by atoms with Gasteiger partial charge in [0.2, 0.25) is 5.91 Å². The van der Waals surface area contributed by atoms with E-state index in [0.29, 0.717) is 13.1 Å². The first-order valence-corrected chi connectivity index (χ1v) is 5.91. The van der Waals surface area contributed by atoms with Crippen molar-refractivity contribution in [3.63, 3.8) is 0 Å². The molecule has 2 amide bonds. The zero-order valence-corrected chi connectivity index (χ0v) is 11.4. The number of amides is 2. The largest absolute Gasteiger partial charge is 0.444 e. The van der Waals surface area contributed by atoms with Gasteiger partial charge in [0.25, 0.3) is 0 Å². The van der Waals surface area contributed by atoms with E-state index in [4.69, 9.17) is 10.00 Å². The highest BCUT2D eigenvalue weighted by Gasteiger charge is 2.22. The van der Waals surface area contributed by atoms with Gasteiger partial charge in [0.15, 0.2) is 0 Å². The highest BCUT2D eigenvalue weighted by Crippen LogP contribution is 2.09. The first kappa shape index (κ1) is 16.2. The SMILES string of the molecule is CCN(CC(=O)NCCC#N)C(=O)OC(C)(C)C. The Labute approximate surface area is 108 Å². The molecule has 0 fully saturated rings. The van der Waals surface area contributed by atoms with Gasteiger partial charge >= 0.3 is 6.09 Å². The van der Waals surface area contributed by atoms with Crippen LogP contribution in [0.3, 0.4) is 0 Å². The standard InChI is InChI=1S/C12H21N3O3/c1-5-15(11(17)18-12(2,3)4)9-10(16)14-8-6-7-13/h5-6,8-9H2,1-4H3,(H,14,16). The van der Waals surface area contributed by atoms with Crippen LogP contribution in [0.15, 0.2) is 0 Å². The van der Waals surface area contributed by atoms with Crippen LogP contribution in [-0.4, -0.2) is 42.1 Å². The Morgan fingerprint density at radius 1 is 1.39 bits per heavy atom. The van der Waals surface area contributed by atoms with Crippen molar-refractivity contribution in [2.75, 3.05) is 19.6 Å². The number of ether oxygens (including phenoxy) is 1. The van der Waals surface area contributed by atoms with Crippen LogP contribution >= 0.6 is 0 Å². The molecular weight excluding hydrogens is 234 g/mol. The zero-order valence-electron chi connectivity index (χ0n) is 11.4. The van der Waals surface area contributed by atoms with Gasteiger partial charge in [0.1, 0.15) is 12.1 Å². The van der Waals surface area contributed by atoms with Crippen LogP contribution < -0.4 is 5.32 Å². The first-order chi connectivity index (χ1) is 8.30. The summed E-state index contributed by atoms with van der Waals surface area (Å²) >= 11 is 0. The van der Waals surface area contributed by atoms with Gasteiger partial charge in [-0.3, -0.25) is 9.69 Å². The number of nitrogens with zero attached hydrogens (tertiary/aromatic N) is 2. The summed E-state index contributed by atoms with van der Waals surface area (Å²) < 4.78 is 5.17. The van der Waals surface area contributed by atoms with Crippen LogP contribution in [0.5, 0.6) is 0 Å². The Bertz CT molecular complexity index is 328. The van der Waals surface area contributed by atoms with Crippen LogP contribution in [0, 0.1) is 11.3 Å². The average molecular weight is 255 g/mol. The Morgan fingerprint density at radius 2 is 2.00 bits per heavy atom. The fourth-order valence-electron chi connectivity index (χ4n) is 1.12. The second-order valence-electron chi connectivity index (χ2n) is 4.75. The van der Waals surface area contributed by atoms with Crippen molar-refractivity contribution in [1.29, 1.82) is 5.26 Å². The Kier molecular flexibility index (Phi) is 6.79. The third-order valence-electron chi connectivity index (χ3n) is 1.93. The molecule has 102 valence electrons. The molecule has 0 saturated carbocycles. The molecule has 0 aliphatic rings. The monoisotopic (exact) mass is 255 g/mol. The van der Waals surface area contributed by atoms with Crippen molar-refractivity contribution >= 4 is 12.0 Å². The number of hydrogen-bond acceptors (Lipinski definition) is 4. The quantitative estimate of drug-likeness (QED) is 0.750. The lowest BCUT2D eigenvalue weighted by molar-refractivity contribution is -0.122. The normalized spacial score (nSPS) is 10.4. The van der Waals surface area contributed by atoms with Crippen molar-refractivity contribution in [2.24, 2.45) is 0 Å². The van der Waals surface area contributed by atoms with Gasteiger partial charge in [-0.15, -0.1) is 0 Å². The predicted molar refractivity (Wildman–Crippen MR) is 66.7 cm³/mol. The lowest BCUT2D eigenvalue weighted by atomic mass is 10.2. The van der Waals surface area contributed by atoms with E-state index in [1.54, 1.807) is 27.7 Å². The molecule has 0 unspecified atom stereocenters. The van der Waals surface area contributed by atoms with E-state index in [0.717, 1.165) is 0 Å². The summed E-state index contributed by atoms with van der Waals surface area (Å²) in [6.45, 7) is 7.70. The van der Waals surface area contributed by atoms with Gasteiger partial charge in [-0.05, 0) is 27.7 Å². The second-order valence-corrected chi connectivity index (χ2v) is 4.75. The molecule has 0 aromatic rings. The van der Waals surface area contributed by atoms with E-state index >= 15 is 0 Å². The molecule has 0 aliphatic carbocycles. The minimum Gasteiger partial charge on any atom is -0.444 e. The van der Waals surface area contributed by atoms with Gasteiger partial charge in [-0.25, -0.2) is 4.79 Å². The summed E-state index contributed by atoms with van der Waals surface area (Å²) in [6, 6.07) is 1.92. The summed E-state index contributed by atoms with van der Waals surface area (Å²) in [7, 11) is 0. The average Bonchev–Trinajstić information content (AvgIpc) is 2.23. The molecule has 6 heteroatoms. The molecule has 0 atom stereocenters. The Hall–Kier alpha value is -1.77. The van der Waals surface area contributed by atoms with Gasteiger partial charge in [0, 0.05) is 13.1 Å². The summed E-state index contributed by atoms with van der Waals surface area (Å²) in [6.07, 6.45) is -0.259. The van der Waals surface area contributed by atoms with Crippen molar-refractivity contribution in [2.45, 2.75) is 39.7 Å². The zero-order chi connectivity index (χ0) is 14.2. The van der Waals surface area contributed by atoms with Crippen molar-refractivity contribution in [3.8, 4) is 6.07 Å². The maximum atomic E-state index is 11.7. The van der Waals surface area contributed by atoms with Gasteiger partial charge in [-0.2, -0.15) is 5.26 Å². The fourth-order valence-corrected chi connectivity index (χ4v) is 1.12. The number of nitriles is 1. The number of carbonyl (C=O) groups excluding carboxylic acids is 2. The Morgan fingerprint density at radius 3 is 2.44 bits per heavy atom. The molecule has 0 saturated heterocycles. The molecule has 0 bridgehead atoms. The number of likely N-dealkylation sites (N-methyl/N-ethyl adjacent to an activating group) is 1. The number of hydrogen-bond donors (Lipinski definition) is 1. The third kappa shape index (κ3) is 7.49. The molecule has 0 heterocycles. The molecule has 1 N–H and O–H groups in total. The number of rotatable bonds is 5. The minimum atomic E-state index is -0.582. The third-order valence-corrected chi connectivity index (χ3v) is 1.93. The van der Waals surface area contributed by atoms with E-state index in [9.17, 15) is 9.59 Å². The maximum absolute atomic E-state index is 11.7. The topological polar surface area (TPSA) is 82.4 Å². The molecule has 6 nitrogen and oxygen atoms in total. The van der Waals surface area contributed by atoms with E-state index in [2.05, 4.69) is 5.32 Å². The van der Waals surface area contributed by atoms with E-state index in [1.807, 2.05) is 6.07 Å². The minimum absolute atomic E-state index is 0.0587. The summed E-state index contributed by atoms with van der Waals surface area (Å²) in [5.74, 6) is -0.294. The summed E-state index contributed by atoms with van der Waals surface area (Å²) in [5, 5.41) is 10.9. The van der Waals surface area contributed by atoms with Crippen LogP contribution in [0.25, 0.3) is 0 Å². The summed E-state index contributed by atoms with van der Waals surface area (Å²) in [4.78, 5) is 24.5. The second kappa shape index (κ2) is 7.54. The van der Waals surface area contributed by atoms with Gasteiger partial charge in [0.05, 0.1) is 12.5 Å². The molecule has 0 aromatic carbocycles. The van der Waals surface area contributed by atoms with Crippen LogP contribution in [0.4, 0.5) is 4.79 Å². The molecule has 0 spiro atoms. The van der Waals surface area contributed by atoms with E-state index < -0.39 is 11.7 Å². The van der Waals surface area contributed by atoms with Crippen molar-refractivity contribution in [3.05, 3.63) is 0 Å². The molecule has 18 heavy (non-hydrogen) atoms. The highest BCUT2D eigenvalue weighted by atomic mass is 16.6. The van der Waals surface area contributed by atoms with Crippen LogP contribution in [0.2, 0.25) is 0 Å². The van der Waals surface area contributed by atoms with Crippen molar-refractivity contribution < 1.29 is 14.3 Å². The van der Waals surface area contributed by atoms with Crippen LogP contribution in [-0.2, 0) is 9.53 Å². The molecule has 0 rings (SSSR count). The maximum Gasteiger partial charge on any atom is 0.410 e. The fraction of sp³-hybridized carbons (Fsp3) is 0.750. The summed E-state index contributed by atoms with van der Waals surface area (Å²) in [5.41, 5.74) is -0.582. The van der Waals surface area contributed by atoms with Gasteiger partial charge in [-0.1, -0.05) is 0 Å². The molecule has 0 aliphatic heterocycles. The molecule has 0 radical (unpaired) electrons. The lowest BCUT2D eigenvalue weighted by Gasteiger charge is -2.26. The van der Waals surface area contributed by atoms with E-state index in [-0.39, 0.29) is 18.9 Å².